The molecule has 0 aliphatic heterocycles. The quantitative estimate of drug-likeness (QED) is 0.832. The molecular weight excluding hydrogens is 278 g/mol. The molecule has 1 atom stereocenters. The number of halogens is 1. The maximum absolute atomic E-state index is 11.7. The second-order valence-corrected chi connectivity index (χ2v) is 6.29. The number of amides is 1. The van der Waals surface area contributed by atoms with Gasteiger partial charge in [0.05, 0.1) is 11.0 Å². The Hall–Kier alpha value is -1.11. The Bertz CT molecular complexity index is 530. The molecular formula is C11H14ClNO4S. The van der Waals surface area contributed by atoms with Gasteiger partial charge in [0.2, 0.25) is 0 Å². The van der Waals surface area contributed by atoms with Crippen molar-refractivity contribution in [2.45, 2.75) is 17.9 Å². The van der Waals surface area contributed by atoms with E-state index in [9.17, 15) is 13.2 Å². The van der Waals surface area contributed by atoms with Crippen LogP contribution in [0.3, 0.4) is 0 Å². The van der Waals surface area contributed by atoms with Gasteiger partial charge in [-0.2, -0.15) is 0 Å². The molecule has 18 heavy (non-hydrogen) atoms. The van der Waals surface area contributed by atoms with Crippen LogP contribution in [0.4, 0.5) is 0 Å². The molecule has 0 saturated carbocycles. The van der Waals surface area contributed by atoms with Gasteiger partial charge in [0.15, 0.2) is 0 Å². The van der Waals surface area contributed by atoms with E-state index in [0.29, 0.717) is 6.54 Å². The van der Waals surface area contributed by atoms with Crippen LogP contribution in [-0.2, 0) is 13.8 Å². The van der Waals surface area contributed by atoms with E-state index in [0.717, 1.165) is 0 Å². The number of carbonyl (C=O) groups excluding carboxylic acids is 1. The molecule has 0 radical (unpaired) electrons. The van der Waals surface area contributed by atoms with Crippen molar-refractivity contribution in [2.24, 2.45) is 0 Å². The van der Waals surface area contributed by atoms with Crippen molar-refractivity contribution in [3.63, 3.8) is 0 Å². The van der Waals surface area contributed by atoms with Crippen LogP contribution in [0.1, 0.15) is 17.3 Å². The SMILES string of the molecule is COC(C)CNC(=O)c1cccc(S(=O)(=O)Cl)c1. The molecule has 1 aromatic carbocycles. The first-order valence-electron chi connectivity index (χ1n) is 5.20. The minimum atomic E-state index is -3.83. The van der Waals surface area contributed by atoms with Crippen molar-refractivity contribution in [1.82, 2.24) is 5.32 Å². The van der Waals surface area contributed by atoms with Crippen molar-refractivity contribution in [2.75, 3.05) is 13.7 Å². The maximum atomic E-state index is 11.7. The maximum Gasteiger partial charge on any atom is 0.261 e. The van der Waals surface area contributed by atoms with Crippen LogP contribution in [-0.4, -0.2) is 34.1 Å². The second kappa shape index (κ2) is 6.17. The molecule has 1 aromatic rings. The highest BCUT2D eigenvalue weighted by Gasteiger charge is 2.13. The van der Waals surface area contributed by atoms with Crippen LogP contribution >= 0.6 is 10.7 Å². The smallest absolute Gasteiger partial charge is 0.261 e. The minimum absolute atomic E-state index is 0.100. The molecule has 0 aliphatic rings. The van der Waals surface area contributed by atoms with Gasteiger partial charge in [-0.25, -0.2) is 8.42 Å². The number of nitrogens with one attached hydrogen (secondary N) is 1. The Balaban J connectivity index is 2.81. The number of hydrogen-bond donors (Lipinski definition) is 1. The molecule has 0 saturated heterocycles. The topological polar surface area (TPSA) is 72.5 Å². The summed E-state index contributed by atoms with van der Waals surface area (Å²) >= 11 is 0. The van der Waals surface area contributed by atoms with Gasteiger partial charge in [-0.15, -0.1) is 0 Å². The van der Waals surface area contributed by atoms with Gasteiger partial charge in [0, 0.05) is 29.9 Å². The van der Waals surface area contributed by atoms with E-state index < -0.39 is 9.05 Å². The van der Waals surface area contributed by atoms with Crippen LogP contribution in [0.25, 0.3) is 0 Å². The monoisotopic (exact) mass is 291 g/mol. The normalized spacial score (nSPS) is 13.1. The van der Waals surface area contributed by atoms with Crippen LogP contribution < -0.4 is 5.32 Å². The van der Waals surface area contributed by atoms with E-state index in [-0.39, 0.29) is 22.5 Å². The predicted octanol–water partition coefficient (Wildman–Crippen LogP) is 1.38. The average molecular weight is 292 g/mol. The van der Waals surface area contributed by atoms with Gasteiger partial charge < -0.3 is 10.1 Å². The third-order valence-electron chi connectivity index (χ3n) is 2.33. The highest BCUT2D eigenvalue weighted by atomic mass is 35.7. The standard InChI is InChI=1S/C11H14ClNO4S/c1-8(17-2)7-13-11(14)9-4-3-5-10(6-9)18(12,15)16/h3-6,8H,7H2,1-2H3,(H,13,14). The summed E-state index contributed by atoms with van der Waals surface area (Å²) in [5, 5.41) is 2.63. The molecule has 100 valence electrons. The van der Waals surface area contributed by atoms with E-state index in [1.165, 1.54) is 31.4 Å². The fraction of sp³-hybridized carbons (Fsp3) is 0.364. The number of ether oxygens (including phenoxy) is 1. The van der Waals surface area contributed by atoms with Crippen molar-refractivity contribution in [1.29, 1.82) is 0 Å². The second-order valence-electron chi connectivity index (χ2n) is 3.72. The zero-order valence-corrected chi connectivity index (χ0v) is 11.6. The Morgan fingerprint density at radius 3 is 2.72 bits per heavy atom. The summed E-state index contributed by atoms with van der Waals surface area (Å²) in [6.45, 7) is 2.15. The first-order valence-corrected chi connectivity index (χ1v) is 7.51. The summed E-state index contributed by atoms with van der Waals surface area (Å²) in [7, 11) is 2.92. The number of benzene rings is 1. The molecule has 7 heteroatoms. The van der Waals surface area contributed by atoms with Crippen molar-refractivity contribution in [3.8, 4) is 0 Å². The lowest BCUT2D eigenvalue weighted by Crippen LogP contribution is -2.31. The van der Waals surface area contributed by atoms with Crippen LogP contribution in [0.2, 0.25) is 0 Å². The van der Waals surface area contributed by atoms with Gasteiger partial charge in [-0.3, -0.25) is 4.79 Å². The number of methoxy groups -OCH3 is 1. The van der Waals surface area contributed by atoms with Gasteiger partial charge in [0.25, 0.3) is 15.0 Å². The molecule has 0 spiro atoms. The fourth-order valence-corrected chi connectivity index (χ4v) is 2.01. The largest absolute Gasteiger partial charge is 0.380 e. The highest BCUT2D eigenvalue weighted by molar-refractivity contribution is 8.13. The zero-order chi connectivity index (χ0) is 13.8. The minimum Gasteiger partial charge on any atom is -0.380 e. The molecule has 0 heterocycles. The lowest BCUT2D eigenvalue weighted by molar-refractivity contribution is 0.0870. The lowest BCUT2D eigenvalue weighted by Gasteiger charge is -2.10. The third-order valence-corrected chi connectivity index (χ3v) is 3.68. The summed E-state index contributed by atoms with van der Waals surface area (Å²) in [6.07, 6.45) is -0.117. The molecule has 1 rings (SSSR count). The number of carbonyl (C=O) groups is 1. The summed E-state index contributed by atoms with van der Waals surface area (Å²) < 4.78 is 27.3. The summed E-state index contributed by atoms with van der Waals surface area (Å²) in [5.41, 5.74) is 0.236. The molecule has 1 N–H and O–H groups in total. The molecule has 0 bridgehead atoms. The Morgan fingerprint density at radius 1 is 1.50 bits per heavy atom. The highest BCUT2D eigenvalue weighted by Crippen LogP contribution is 2.16. The van der Waals surface area contributed by atoms with Gasteiger partial charge in [-0.1, -0.05) is 6.07 Å². The van der Waals surface area contributed by atoms with Gasteiger partial charge in [0.1, 0.15) is 0 Å². The van der Waals surface area contributed by atoms with Crippen LogP contribution in [0.5, 0.6) is 0 Å². The molecule has 0 fully saturated rings. The lowest BCUT2D eigenvalue weighted by atomic mass is 10.2. The predicted molar refractivity (Wildman–Crippen MR) is 68.3 cm³/mol. The van der Waals surface area contributed by atoms with Crippen molar-refractivity contribution >= 4 is 25.6 Å². The summed E-state index contributed by atoms with van der Waals surface area (Å²) in [4.78, 5) is 11.6. The Labute approximate surface area is 111 Å². The van der Waals surface area contributed by atoms with E-state index in [4.69, 9.17) is 15.4 Å². The molecule has 0 aliphatic carbocycles. The molecule has 0 aromatic heterocycles. The van der Waals surface area contributed by atoms with Crippen molar-refractivity contribution in [3.05, 3.63) is 29.8 Å². The van der Waals surface area contributed by atoms with Gasteiger partial charge in [-0.05, 0) is 25.1 Å². The zero-order valence-electron chi connectivity index (χ0n) is 10.0. The number of hydrogen-bond acceptors (Lipinski definition) is 4. The van der Waals surface area contributed by atoms with E-state index in [1.54, 1.807) is 6.92 Å². The molecule has 5 nitrogen and oxygen atoms in total. The Kier molecular flexibility index (Phi) is 5.13. The molecule has 1 amide bonds. The van der Waals surface area contributed by atoms with Crippen LogP contribution in [0, 0.1) is 0 Å². The third kappa shape index (κ3) is 4.29. The van der Waals surface area contributed by atoms with Crippen molar-refractivity contribution < 1.29 is 17.9 Å². The first-order chi connectivity index (χ1) is 8.34. The number of rotatable bonds is 5. The van der Waals surface area contributed by atoms with E-state index in [2.05, 4.69) is 5.32 Å². The van der Waals surface area contributed by atoms with E-state index in [1.807, 2.05) is 0 Å². The first kappa shape index (κ1) is 14.9. The van der Waals surface area contributed by atoms with Gasteiger partial charge >= 0.3 is 0 Å². The van der Waals surface area contributed by atoms with Crippen LogP contribution in [0.15, 0.2) is 29.2 Å². The molecule has 1 unspecified atom stereocenters. The average Bonchev–Trinajstić information content (AvgIpc) is 2.34. The summed E-state index contributed by atoms with van der Waals surface area (Å²) in [6, 6.07) is 5.54. The summed E-state index contributed by atoms with van der Waals surface area (Å²) in [5.74, 6) is -0.374. The fourth-order valence-electron chi connectivity index (χ4n) is 1.21. The van der Waals surface area contributed by atoms with E-state index >= 15 is 0 Å². The Morgan fingerprint density at radius 2 is 2.17 bits per heavy atom.